The predicted octanol–water partition coefficient (Wildman–Crippen LogP) is 2.95. The number of hydrogen-bond acceptors (Lipinski definition) is 7. The van der Waals surface area contributed by atoms with E-state index in [1.807, 2.05) is 0 Å². The number of amides is 1. The van der Waals surface area contributed by atoms with Crippen molar-refractivity contribution >= 4 is 35.1 Å². The van der Waals surface area contributed by atoms with Crippen molar-refractivity contribution in [1.29, 1.82) is 0 Å². The standard InChI is InChI=1S/C19H21F2N5O3S/c20-15-10-13(11-16(21)18(15)24-5-1-8-30-9-7-24)25-12-14(29-19(25)28)2-3-17(27)26-6-4-22-23-26/h4,6,10-11,14H,1-3,5,7-9,12H2/t14-/m0/s1. The molecule has 4 rings (SSSR count). The van der Waals surface area contributed by atoms with Crippen LogP contribution in [0.15, 0.2) is 24.5 Å². The van der Waals surface area contributed by atoms with Gasteiger partial charge in [-0.05, 0) is 18.6 Å². The van der Waals surface area contributed by atoms with Crippen molar-refractivity contribution in [2.24, 2.45) is 0 Å². The van der Waals surface area contributed by atoms with E-state index in [4.69, 9.17) is 4.74 Å². The van der Waals surface area contributed by atoms with Crippen LogP contribution in [0.4, 0.5) is 25.0 Å². The number of halogens is 2. The van der Waals surface area contributed by atoms with Gasteiger partial charge in [0.2, 0.25) is 5.91 Å². The molecule has 2 saturated heterocycles. The highest BCUT2D eigenvalue weighted by Gasteiger charge is 2.34. The molecule has 0 saturated carbocycles. The Morgan fingerprint density at radius 3 is 2.77 bits per heavy atom. The molecule has 0 radical (unpaired) electrons. The van der Waals surface area contributed by atoms with Gasteiger partial charge in [-0.3, -0.25) is 9.69 Å². The molecular formula is C19H21F2N5O3S. The second kappa shape index (κ2) is 8.99. The molecule has 8 nitrogen and oxygen atoms in total. The molecule has 1 aromatic heterocycles. The monoisotopic (exact) mass is 437 g/mol. The van der Waals surface area contributed by atoms with Gasteiger partial charge in [-0.2, -0.15) is 16.4 Å². The molecule has 1 aromatic carbocycles. The van der Waals surface area contributed by atoms with Gasteiger partial charge in [-0.15, -0.1) is 5.10 Å². The van der Waals surface area contributed by atoms with E-state index in [9.17, 15) is 18.4 Å². The minimum absolute atomic E-state index is 0.0520. The molecule has 1 atom stereocenters. The van der Waals surface area contributed by atoms with Crippen LogP contribution in [-0.2, 0) is 4.74 Å². The van der Waals surface area contributed by atoms with Crippen LogP contribution in [0.2, 0.25) is 0 Å². The lowest BCUT2D eigenvalue weighted by atomic mass is 10.1. The van der Waals surface area contributed by atoms with Crippen molar-refractivity contribution in [3.05, 3.63) is 36.2 Å². The number of hydrogen-bond donors (Lipinski definition) is 0. The van der Waals surface area contributed by atoms with Crippen molar-refractivity contribution in [1.82, 2.24) is 15.0 Å². The highest BCUT2D eigenvalue weighted by molar-refractivity contribution is 7.99. The van der Waals surface area contributed by atoms with E-state index >= 15 is 0 Å². The molecule has 160 valence electrons. The highest BCUT2D eigenvalue weighted by atomic mass is 32.2. The number of carbonyl (C=O) groups excluding carboxylic acids is 2. The molecule has 3 heterocycles. The fraction of sp³-hybridized carbons (Fsp3) is 0.474. The summed E-state index contributed by atoms with van der Waals surface area (Å²) in [6.45, 7) is 1.28. The molecule has 2 aliphatic rings. The van der Waals surface area contributed by atoms with Crippen molar-refractivity contribution < 1.29 is 23.1 Å². The van der Waals surface area contributed by atoms with Crippen LogP contribution < -0.4 is 9.80 Å². The number of cyclic esters (lactones) is 1. The molecule has 2 aliphatic heterocycles. The Morgan fingerprint density at radius 2 is 2.03 bits per heavy atom. The number of benzene rings is 1. The topological polar surface area (TPSA) is 80.6 Å². The summed E-state index contributed by atoms with van der Waals surface area (Å²) in [7, 11) is 0. The zero-order chi connectivity index (χ0) is 21.1. The average molecular weight is 437 g/mol. The maximum atomic E-state index is 14.8. The molecule has 0 bridgehead atoms. The van der Waals surface area contributed by atoms with Crippen molar-refractivity contribution in [3.8, 4) is 0 Å². The summed E-state index contributed by atoms with van der Waals surface area (Å²) < 4.78 is 36.0. The highest BCUT2D eigenvalue weighted by Crippen LogP contribution is 2.32. The van der Waals surface area contributed by atoms with Gasteiger partial charge in [0.1, 0.15) is 11.8 Å². The van der Waals surface area contributed by atoms with Crippen molar-refractivity contribution in [2.45, 2.75) is 25.4 Å². The minimum Gasteiger partial charge on any atom is -0.444 e. The van der Waals surface area contributed by atoms with Gasteiger partial charge in [0.25, 0.3) is 0 Å². The predicted molar refractivity (Wildman–Crippen MR) is 108 cm³/mol. The largest absolute Gasteiger partial charge is 0.444 e. The first-order valence-corrected chi connectivity index (χ1v) is 10.9. The maximum Gasteiger partial charge on any atom is 0.414 e. The van der Waals surface area contributed by atoms with E-state index in [0.717, 1.165) is 22.6 Å². The number of thioether (sulfide) groups is 1. The molecule has 0 unspecified atom stereocenters. The van der Waals surface area contributed by atoms with Crippen molar-refractivity contribution in [2.75, 3.05) is 40.9 Å². The summed E-state index contributed by atoms with van der Waals surface area (Å²) in [4.78, 5) is 27.2. The quantitative estimate of drug-likeness (QED) is 0.711. The average Bonchev–Trinajstić information content (AvgIpc) is 3.30. The lowest BCUT2D eigenvalue weighted by Crippen LogP contribution is -2.29. The Hall–Kier alpha value is -2.69. The number of nitrogens with zero attached hydrogens (tertiary/aromatic N) is 5. The van der Waals surface area contributed by atoms with Crippen LogP contribution >= 0.6 is 11.8 Å². The third-order valence-electron chi connectivity index (χ3n) is 5.08. The van der Waals surface area contributed by atoms with Crippen LogP contribution in [0.25, 0.3) is 0 Å². The van der Waals surface area contributed by atoms with E-state index < -0.39 is 23.8 Å². The second-order valence-corrected chi connectivity index (χ2v) is 8.33. The molecule has 0 spiro atoms. The smallest absolute Gasteiger partial charge is 0.414 e. The molecule has 0 N–H and O–H groups in total. The Balaban J connectivity index is 1.43. The lowest BCUT2D eigenvalue weighted by molar-refractivity contribution is 0.0844. The number of rotatable bonds is 5. The van der Waals surface area contributed by atoms with Gasteiger partial charge in [0.15, 0.2) is 11.6 Å². The Morgan fingerprint density at radius 1 is 1.23 bits per heavy atom. The van der Waals surface area contributed by atoms with E-state index in [0.29, 0.717) is 13.1 Å². The molecule has 30 heavy (non-hydrogen) atoms. The Kier molecular flexibility index (Phi) is 6.16. The zero-order valence-electron chi connectivity index (χ0n) is 16.2. The summed E-state index contributed by atoms with van der Waals surface area (Å²) >= 11 is 1.77. The first kappa shape index (κ1) is 20.6. The number of anilines is 2. The SMILES string of the molecule is O=C1O[C@@H](CCC(=O)n2ccnn2)CN1c1cc(F)c(N2CCCSCC2)c(F)c1. The second-order valence-electron chi connectivity index (χ2n) is 7.11. The first-order chi connectivity index (χ1) is 14.5. The number of carbonyl (C=O) groups is 2. The van der Waals surface area contributed by atoms with Gasteiger partial charge in [0, 0.05) is 37.4 Å². The summed E-state index contributed by atoms with van der Waals surface area (Å²) in [5.74, 6) is 0.106. The maximum absolute atomic E-state index is 14.8. The lowest BCUT2D eigenvalue weighted by Gasteiger charge is -2.24. The van der Waals surface area contributed by atoms with Crippen LogP contribution in [0, 0.1) is 11.6 Å². The third-order valence-corrected chi connectivity index (χ3v) is 6.13. The van der Waals surface area contributed by atoms with E-state index in [2.05, 4.69) is 10.3 Å². The van der Waals surface area contributed by atoms with Gasteiger partial charge in [0.05, 0.1) is 24.6 Å². The van der Waals surface area contributed by atoms with E-state index in [-0.39, 0.29) is 36.7 Å². The van der Waals surface area contributed by atoms with Crippen LogP contribution in [0.3, 0.4) is 0 Å². The summed E-state index contributed by atoms with van der Waals surface area (Å²) in [5, 5.41) is 7.19. The van der Waals surface area contributed by atoms with E-state index in [1.165, 1.54) is 29.4 Å². The van der Waals surface area contributed by atoms with Crippen LogP contribution in [-0.4, -0.2) is 64.2 Å². The van der Waals surface area contributed by atoms with Crippen molar-refractivity contribution in [3.63, 3.8) is 0 Å². The Labute approximate surface area is 176 Å². The van der Waals surface area contributed by atoms with Crippen LogP contribution in [0.5, 0.6) is 0 Å². The van der Waals surface area contributed by atoms with Gasteiger partial charge < -0.3 is 9.64 Å². The summed E-state index contributed by atoms with van der Waals surface area (Å²) in [5.41, 5.74) is 0.0526. The van der Waals surface area contributed by atoms with Gasteiger partial charge in [-0.1, -0.05) is 5.21 Å². The Bertz CT molecular complexity index is 896. The molecule has 2 aromatic rings. The molecule has 2 fully saturated rings. The number of aromatic nitrogens is 3. The summed E-state index contributed by atoms with van der Waals surface area (Å²) in [6.07, 6.45) is 2.82. The number of ether oxygens (including phenoxy) is 1. The molecular weight excluding hydrogens is 416 g/mol. The summed E-state index contributed by atoms with van der Waals surface area (Å²) in [6, 6.07) is 2.33. The molecule has 1 amide bonds. The third kappa shape index (κ3) is 4.40. The zero-order valence-corrected chi connectivity index (χ0v) is 17.0. The minimum atomic E-state index is -0.700. The van der Waals surface area contributed by atoms with E-state index in [1.54, 1.807) is 16.7 Å². The molecule has 11 heteroatoms. The fourth-order valence-corrected chi connectivity index (χ4v) is 4.49. The molecule has 0 aliphatic carbocycles. The van der Waals surface area contributed by atoms with Gasteiger partial charge >= 0.3 is 6.09 Å². The normalized spacial score (nSPS) is 19.7. The van der Waals surface area contributed by atoms with Gasteiger partial charge in [-0.25, -0.2) is 13.6 Å². The first-order valence-electron chi connectivity index (χ1n) is 9.72. The van der Waals surface area contributed by atoms with Crippen LogP contribution in [0.1, 0.15) is 24.1 Å². The fourth-order valence-electron chi connectivity index (χ4n) is 3.60.